The Hall–Kier alpha value is -1.36. The number of halogens is 2. The molecule has 0 bridgehead atoms. The highest BCUT2D eigenvalue weighted by molar-refractivity contribution is 6.35. The molecule has 0 spiro atoms. The third kappa shape index (κ3) is 1.95. The molecule has 2 rings (SSSR count). The smallest absolute Gasteiger partial charge is 0.356 e. The average Bonchev–Trinajstić information content (AvgIpc) is 3.02. The van der Waals surface area contributed by atoms with E-state index >= 15 is 0 Å². The van der Waals surface area contributed by atoms with Gasteiger partial charge in [0.1, 0.15) is 0 Å². The molecule has 0 saturated heterocycles. The molecule has 0 unspecified atom stereocenters. The zero-order chi connectivity index (χ0) is 11.9. The Morgan fingerprint density at radius 1 is 1.62 bits per heavy atom. The van der Waals surface area contributed by atoms with Crippen molar-refractivity contribution in [3.8, 4) is 0 Å². The Balaban J connectivity index is 2.47. The molecule has 86 valence electrons. The lowest BCUT2D eigenvalue weighted by Crippen LogP contribution is -2.10. The summed E-state index contributed by atoms with van der Waals surface area (Å²) >= 11 is 5.61. The van der Waals surface area contributed by atoms with Gasteiger partial charge in [-0.2, -0.15) is 0 Å². The molecule has 1 aromatic rings. The van der Waals surface area contributed by atoms with Crippen LogP contribution >= 0.6 is 11.6 Å². The van der Waals surface area contributed by atoms with Crippen molar-refractivity contribution in [1.82, 2.24) is 4.98 Å². The Morgan fingerprint density at radius 3 is 2.75 bits per heavy atom. The van der Waals surface area contributed by atoms with Gasteiger partial charge in [0.15, 0.2) is 11.5 Å². The van der Waals surface area contributed by atoms with E-state index in [0.29, 0.717) is 12.3 Å². The lowest BCUT2D eigenvalue weighted by atomic mass is 10.1. The second kappa shape index (κ2) is 3.90. The first-order valence-corrected chi connectivity index (χ1v) is 5.25. The van der Waals surface area contributed by atoms with Crippen LogP contribution in [0.15, 0.2) is 0 Å². The van der Waals surface area contributed by atoms with Gasteiger partial charge in [0.25, 0.3) is 0 Å². The number of aromatic carboxylic acids is 1. The number of aromatic nitrogens is 1. The highest BCUT2D eigenvalue weighted by atomic mass is 35.5. The molecule has 16 heavy (non-hydrogen) atoms. The lowest BCUT2D eigenvalue weighted by Gasteiger charge is -2.08. The second-order valence-electron chi connectivity index (χ2n) is 3.90. The summed E-state index contributed by atoms with van der Waals surface area (Å²) in [5, 5.41) is 8.50. The van der Waals surface area contributed by atoms with Crippen molar-refractivity contribution >= 4 is 23.3 Å². The Kier molecular flexibility index (Phi) is 2.71. The molecule has 0 amide bonds. The molecule has 0 atom stereocenters. The molecule has 1 saturated carbocycles. The van der Waals surface area contributed by atoms with E-state index in [-0.39, 0.29) is 22.1 Å². The number of carboxylic acids is 1. The zero-order valence-electron chi connectivity index (χ0n) is 8.33. The monoisotopic (exact) mass is 244 g/mol. The fraction of sp³-hybridized carbons (Fsp3) is 0.400. The molecule has 1 heterocycles. The van der Waals surface area contributed by atoms with Gasteiger partial charge in [-0.3, -0.25) is 0 Å². The number of rotatable bonds is 3. The molecule has 1 aliphatic rings. The van der Waals surface area contributed by atoms with Crippen LogP contribution in [0.4, 0.5) is 10.1 Å². The quantitative estimate of drug-likeness (QED) is 0.854. The highest BCUT2D eigenvalue weighted by Gasteiger charge is 2.27. The van der Waals surface area contributed by atoms with Crippen molar-refractivity contribution in [2.45, 2.75) is 19.3 Å². The topological polar surface area (TPSA) is 76.2 Å². The van der Waals surface area contributed by atoms with Gasteiger partial charge >= 0.3 is 5.97 Å². The number of carboxylic acid groups (broad SMARTS) is 1. The van der Waals surface area contributed by atoms with E-state index in [1.807, 2.05) is 0 Å². The maximum atomic E-state index is 13.6. The Bertz CT molecular complexity index is 461. The van der Waals surface area contributed by atoms with Gasteiger partial charge in [0.2, 0.25) is 0 Å². The Morgan fingerprint density at radius 2 is 2.25 bits per heavy atom. The minimum atomic E-state index is -1.30. The van der Waals surface area contributed by atoms with Crippen molar-refractivity contribution < 1.29 is 14.3 Å². The van der Waals surface area contributed by atoms with Crippen LogP contribution in [0.2, 0.25) is 5.02 Å². The van der Waals surface area contributed by atoms with E-state index in [1.165, 1.54) is 0 Å². The lowest BCUT2D eigenvalue weighted by molar-refractivity contribution is 0.0690. The van der Waals surface area contributed by atoms with Crippen molar-refractivity contribution in [3.63, 3.8) is 0 Å². The van der Waals surface area contributed by atoms with E-state index in [0.717, 1.165) is 12.8 Å². The van der Waals surface area contributed by atoms with E-state index in [4.69, 9.17) is 22.4 Å². The van der Waals surface area contributed by atoms with Crippen LogP contribution in [0.3, 0.4) is 0 Å². The average molecular weight is 245 g/mol. The third-order valence-corrected chi connectivity index (χ3v) is 2.95. The highest BCUT2D eigenvalue weighted by Crippen LogP contribution is 2.35. The number of hydrogen-bond acceptors (Lipinski definition) is 3. The zero-order valence-corrected chi connectivity index (χ0v) is 9.09. The van der Waals surface area contributed by atoms with Crippen molar-refractivity contribution in [1.29, 1.82) is 0 Å². The second-order valence-corrected chi connectivity index (χ2v) is 4.28. The van der Waals surface area contributed by atoms with Crippen molar-refractivity contribution in [2.24, 2.45) is 5.92 Å². The number of pyridine rings is 1. The summed E-state index contributed by atoms with van der Waals surface area (Å²) in [5.74, 6) is -1.60. The predicted molar refractivity (Wildman–Crippen MR) is 57.0 cm³/mol. The van der Waals surface area contributed by atoms with Gasteiger partial charge in [-0.1, -0.05) is 11.6 Å². The van der Waals surface area contributed by atoms with Gasteiger partial charge in [-0.15, -0.1) is 0 Å². The molecule has 0 aromatic carbocycles. The normalized spacial score (nSPS) is 15.1. The number of nitrogens with zero attached hydrogens (tertiary/aromatic N) is 1. The number of carbonyl (C=O) groups is 1. The molecular weight excluding hydrogens is 235 g/mol. The maximum Gasteiger partial charge on any atom is 0.356 e. The minimum Gasteiger partial charge on any atom is -0.476 e. The number of nitrogen functional groups attached to an aromatic ring is 1. The molecule has 1 aromatic heterocycles. The molecule has 1 fully saturated rings. The van der Waals surface area contributed by atoms with Crippen LogP contribution in [0.25, 0.3) is 0 Å². The number of nitrogens with two attached hydrogens (primary N) is 1. The van der Waals surface area contributed by atoms with Crippen LogP contribution in [-0.2, 0) is 6.42 Å². The largest absolute Gasteiger partial charge is 0.476 e. The first-order valence-electron chi connectivity index (χ1n) is 4.87. The molecule has 6 heteroatoms. The summed E-state index contributed by atoms with van der Waals surface area (Å²) in [6.45, 7) is 0. The molecule has 1 aliphatic carbocycles. The molecule has 3 N–H and O–H groups in total. The standard InChI is InChI=1S/C10H10ClFN2O2/c11-6-8(13)7(12)5(3-4-1-2-4)14-9(6)10(15)16/h4H,1-3H2,(H2,13,14)(H,15,16). The fourth-order valence-electron chi connectivity index (χ4n) is 1.48. The SMILES string of the molecule is Nc1c(F)c(CC2CC2)nc(C(=O)O)c1Cl. The van der Waals surface area contributed by atoms with E-state index in [2.05, 4.69) is 4.98 Å². The van der Waals surface area contributed by atoms with Crippen LogP contribution in [-0.4, -0.2) is 16.1 Å². The first kappa shape index (κ1) is 11.1. The first-order chi connectivity index (χ1) is 7.50. The summed E-state index contributed by atoms with van der Waals surface area (Å²) in [7, 11) is 0. The van der Waals surface area contributed by atoms with Crippen molar-refractivity contribution in [2.75, 3.05) is 5.73 Å². The summed E-state index contributed by atoms with van der Waals surface area (Å²) in [4.78, 5) is 14.5. The summed E-state index contributed by atoms with van der Waals surface area (Å²) < 4.78 is 13.6. The molecule has 4 nitrogen and oxygen atoms in total. The summed E-state index contributed by atoms with van der Waals surface area (Å²) in [6, 6.07) is 0. The minimum absolute atomic E-state index is 0.0989. The summed E-state index contributed by atoms with van der Waals surface area (Å²) in [6.07, 6.45) is 2.46. The predicted octanol–water partition coefficient (Wildman–Crippen LogP) is 2.11. The van der Waals surface area contributed by atoms with Gasteiger partial charge in [-0.25, -0.2) is 14.2 Å². The maximum absolute atomic E-state index is 13.6. The van der Waals surface area contributed by atoms with E-state index in [9.17, 15) is 9.18 Å². The van der Waals surface area contributed by atoms with Gasteiger partial charge in [0, 0.05) is 0 Å². The van der Waals surface area contributed by atoms with Gasteiger partial charge in [0.05, 0.1) is 16.4 Å². The molecular formula is C10H10ClFN2O2. The van der Waals surface area contributed by atoms with Crippen LogP contribution in [0.1, 0.15) is 29.0 Å². The van der Waals surface area contributed by atoms with Gasteiger partial charge in [-0.05, 0) is 25.2 Å². The molecule has 0 aliphatic heterocycles. The summed E-state index contributed by atoms with van der Waals surface area (Å²) in [5.41, 5.74) is 4.80. The van der Waals surface area contributed by atoms with Gasteiger partial charge < -0.3 is 10.8 Å². The number of anilines is 1. The van der Waals surface area contributed by atoms with Crippen LogP contribution < -0.4 is 5.73 Å². The molecule has 0 radical (unpaired) electrons. The van der Waals surface area contributed by atoms with E-state index < -0.39 is 11.8 Å². The third-order valence-electron chi connectivity index (χ3n) is 2.56. The fourth-order valence-corrected chi connectivity index (χ4v) is 1.69. The van der Waals surface area contributed by atoms with Crippen LogP contribution in [0, 0.1) is 11.7 Å². The van der Waals surface area contributed by atoms with E-state index in [1.54, 1.807) is 0 Å². The van der Waals surface area contributed by atoms with Crippen molar-refractivity contribution in [3.05, 3.63) is 22.2 Å². The number of hydrogen-bond donors (Lipinski definition) is 2. The Labute approximate surface area is 96.2 Å². The van der Waals surface area contributed by atoms with Crippen LogP contribution in [0.5, 0.6) is 0 Å².